The van der Waals surface area contributed by atoms with Gasteiger partial charge in [0.15, 0.2) is 6.61 Å². The summed E-state index contributed by atoms with van der Waals surface area (Å²) >= 11 is 0. The molecule has 138 valence electrons. The second-order valence-corrected chi connectivity index (χ2v) is 8.96. The molecular weight excluding hydrogens is 332 g/mol. The maximum atomic E-state index is 12.0. The second kappa shape index (κ2) is 8.29. The highest BCUT2D eigenvalue weighted by Gasteiger charge is 2.30. The summed E-state index contributed by atoms with van der Waals surface area (Å²) in [7, 11) is -3.21. The van der Waals surface area contributed by atoms with Crippen molar-refractivity contribution in [2.24, 2.45) is 11.8 Å². The predicted octanol–water partition coefficient (Wildman–Crippen LogP) is 0.896. The molecule has 7 nitrogen and oxygen atoms in total. The molecule has 1 saturated heterocycles. The minimum atomic E-state index is -3.21. The van der Waals surface area contributed by atoms with Crippen molar-refractivity contribution in [1.82, 2.24) is 9.62 Å². The van der Waals surface area contributed by atoms with E-state index in [4.69, 9.17) is 4.74 Å². The van der Waals surface area contributed by atoms with Gasteiger partial charge in [-0.15, -0.1) is 0 Å². The highest BCUT2D eigenvalue weighted by molar-refractivity contribution is 7.88. The largest absolute Gasteiger partial charge is 0.455 e. The van der Waals surface area contributed by atoms with Crippen LogP contribution in [0.15, 0.2) is 0 Å². The molecule has 0 spiro atoms. The third kappa shape index (κ3) is 5.44. The summed E-state index contributed by atoms with van der Waals surface area (Å²) in [6, 6.07) is 0.169. The fourth-order valence-corrected chi connectivity index (χ4v) is 4.33. The summed E-state index contributed by atoms with van der Waals surface area (Å²) in [6.45, 7) is 2.52. The third-order valence-electron chi connectivity index (χ3n) is 5.06. The van der Waals surface area contributed by atoms with Crippen LogP contribution in [-0.4, -0.2) is 56.6 Å². The summed E-state index contributed by atoms with van der Waals surface area (Å²) in [5.41, 5.74) is 0. The molecule has 1 saturated carbocycles. The minimum absolute atomic E-state index is 0.169. The van der Waals surface area contributed by atoms with Crippen molar-refractivity contribution in [2.75, 3.05) is 26.0 Å². The molecule has 0 bridgehead atoms. The maximum Gasteiger partial charge on any atom is 0.309 e. The molecule has 0 aromatic rings. The molecule has 1 amide bonds. The zero-order valence-electron chi connectivity index (χ0n) is 14.5. The van der Waals surface area contributed by atoms with E-state index in [1.165, 1.54) is 17.0 Å². The molecule has 1 heterocycles. The molecule has 1 N–H and O–H groups in total. The Morgan fingerprint density at radius 1 is 1.12 bits per heavy atom. The quantitative estimate of drug-likeness (QED) is 0.735. The Balaban J connectivity index is 1.70. The van der Waals surface area contributed by atoms with Gasteiger partial charge in [0.25, 0.3) is 5.91 Å². The van der Waals surface area contributed by atoms with E-state index < -0.39 is 16.0 Å². The number of hydrogen-bond acceptors (Lipinski definition) is 5. The number of nitrogens with zero attached hydrogens (tertiary/aromatic N) is 1. The molecule has 2 aliphatic rings. The molecule has 2 fully saturated rings. The first-order valence-electron chi connectivity index (χ1n) is 8.68. The standard InChI is InChI=1S/C16H28N2O5S/c1-12-5-3-4-6-14(12)17-15(19)11-23-16(20)13-7-9-18(10-8-13)24(2,21)22/h12-14H,3-11H2,1-2H3,(H,17,19)/t12-,14-/m1/s1. The Morgan fingerprint density at radius 3 is 2.33 bits per heavy atom. The number of amides is 1. The van der Waals surface area contributed by atoms with E-state index in [1.807, 2.05) is 0 Å². The number of carbonyl (C=O) groups excluding carboxylic acids is 2. The van der Waals surface area contributed by atoms with Crippen molar-refractivity contribution in [3.63, 3.8) is 0 Å². The van der Waals surface area contributed by atoms with Crippen molar-refractivity contribution >= 4 is 21.9 Å². The van der Waals surface area contributed by atoms with Crippen molar-refractivity contribution in [1.29, 1.82) is 0 Å². The first-order valence-corrected chi connectivity index (χ1v) is 10.5. The number of sulfonamides is 1. The normalized spacial score (nSPS) is 26.8. The van der Waals surface area contributed by atoms with Gasteiger partial charge >= 0.3 is 5.97 Å². The summed E-state index contributed by atoms with van der Waals surface area (Å²) < 4.78 is 29.4. The van der Waals surface area contributed by atoms with Crippen molar-refractivity contribution in [3.05, 3.63) is 0 Å². The smallest absolute Gasteiger partial charge is 0.309 e. The topological polar surface area (TPSA) is 92.8 Å². The van der Waals surface area contributed by atoms with Crippen molar-refractivity contribution in [2.45, 2.75) is 51.5 Å². The van der Waals surface area contributed by atoms with Gasteiger partial charge in [0, 0.05) is 19.1 Å². The van der Waals surface area contributed by atoms with Gasteiger partial charge < -0.3 is 10.1 Å². The van der Waals surface area contributed by atoms with Gasteiger partial charge in [0.1, 0.15) is 0 Å². The van der Waals surface area contributed by atoms with Crippen LogP contribution in [-0.2, 0) is 24.3 Å². The van der Waals surface area contributed by atoms with Crippen LogP contribution < -0.4 is 5.32 Å². The molecule has 1 aliphatic heterocycles. The molecule has 0 radical (unpaired) electrons. The predicted molar refractivity (Wildman–Crippen MR) is 89.7 cm³/mol. The van der Waals surface area contributed by atoms with Gasteiger partial charge in [0.05, 0.1) is 12.2 Å². The summed E-state index contributed by atoms with van der Waals surface area (Å²) in [6.07, 6.45) is 6.46. The second-order valence-electron chi connectivity index (χ2n) is 6.98. The zero-order valence-corrected chi connectivity index (χ0v) is 15.3. The Hall–Kier alpha value is -1.15. The van der Waals surface area contributed by atoms with E-state index in [2.05, 4.69) is 12.2 Å². The molecule has 24 heavy (non-hydrogen) atoms. The van der Waals surface area contributed by atoms with Crippen LogP contribution in [0.3, 0.4) is 0 Å². The minimum Gasteiger partial charge on any atom is -0.455 e. The lowest BCUT2D eigenvalue weighted by Crippen LogP contribution is -2.43. The van der Waals surface area contributed by atoms with E-state index in [0.717, 1.165) is 19.3 Å². The third-order valence-corrected chi connectivity index (χ3v) is 6.36. The molecule has 0 unspecified atom stereocenters. The fourth-order valence-electron chi connectivity index (χ4n) is 3.46. The molecule has 0 aromatic heterocycles. The number of ether oxygens (including phenoxy) is 1. The van der Waals surface area contributed by atoms with E-state index in [1.54, 1.807) is 0 Å². The van der Waals surface area contributed by atoms with E-state index in [-0.39, 0.29) is 24.5 Å². The summed E-state index contributed by atoms with van der Waals surface area (Å²) in [5, 5.41) is 2.95. The number of nitrogens with one attached hydrogen (secondary N) is 1. The summed E-state index contributed by atoms with van der Waals surface area (Å²) in [5.74, 6) is -0.534. The Kier molecular flexibility index (Phi) is 6.62. The highest BCUT2D eigenvalue weighted by Crippen LogP contribution is 2.24. The SMILES string of the molecule is C[C@@H]1CCCC[C@H]1NC(=O)COC(=O)C1CCN(S(C)(=O)=O)CC1. The van der Waals surface area contributed by atoms with Crippen LogP contribution >= 0.6 is 0 Å². The van der Waals surface area contributed by atoms with Gasteiger partial charge in [-0.1, -0.05) is 19.8 Å². The monoisotopic (exact) mass is 360 g/mol. The van der Waals surface area contributed by atoms with Crippen LogP contribution in [0, 0.1) is 11.8 Å². The van der Waals surface area contributed by atoms with Crippen LogP contribution in [0.4, 0.5) is 0 Å². The fraction of sp³-hybridized carbons (Fsp3) is 0.875. The van der Waals surface area contributed by atoms with Gasteiger partial charge in [-0.05, 0) is 31.6 Å². The zero-order chi connectivity index (χ0) is 17.7. The van der Waals surface area contributed by atoms with E-state index >= 15 is 0 Å². The first-order chi connectivity index (χ1) is 11.3. The lowest BCUT2D eigenvalue weighted by molar-refractivity contribution is -0.154. The van der Waals surface area contributed by atoms with Crippen LogP contribution in [0.1, 0.15) is 45.4 Å². The molecular formula is C16H28N2O5S. The van der Waals surface area contributed by atoms with Gasteiger partial charge in [-0.3, -0.25) is 9.59 Å². The van der Waals surface area contributed by atoms with E-state index in [9.17, 15) is 18.0 Å². The number of piperidine rings is 1. The van der Waals surface area contributed by atoms with Crippen LogP contribution in [0.2, 0.25) is 0 Å². The first kappa shape index (κ1) is 19.2. The molecule has 8 heteroatoms. The van der Waals surface area contributed by atoms with Crippen LogP contribution in [0.5, 0.6) is 0 Å². The lowest BCUT2D eigenvalue weighted by atomic mass is 9.86. The number of esters is 1. The Bertz CT molecular complexity index is 555. The molecule has 1 aliphatic carbocycles. The average Bonchev–Trinajstić information content (AvgIpc) is 2.54. The number of rotatable bonds is 5. The van der Waals surface area contributed by atoms with Gasteiger partial charge in [0.2, 0.25) is 10.0 Å². The van der Waals surface area contributed by atoms with Crippen molar-refractivity contribution in [3.8, 4) is 0 Å². The van der Waals surface area contributed by atoms with Crippen molar-refractivity contribution < 1.29 is 22.7 Å². The number of carbonyl (C=O) groups is 2. The molecule has 2 atom stereocenters. The average molecular weight is 360 g/mol. The summed E-state index contributed by atoms with van der Waals surface area (Å²) in [4.78, 5) is 24.0. The van der Waals surface area contributed by atoms with Gasteiger partial charge in [-0.25, -0.2) is 12.7 Å². The van der Waals surface area contributed by atoms with Gasteiger partial charge in [-0.2, -0.15) is 0 Å². The Morgan fingerprint density at radius 2 is 1.75 bits per heavy atom. The van der Waals surface area contributed by atoms with Crippen LogP contribution in [0.25, 0.3) is 0 Å². The highest BCUT2D eigenvalue weighted by atomic mass is 32.2. The maximum absolute atomic E-state index is 12.0. The number of hydrogen-bond donors (Lipinski definition) is 1. The molecule has 0 aromatic carbocycles. The molecule has 2 rings (SSSR count). The lowest BCUT2D eigenvalue weighted by Gasteiger charge is -2.30. The van der Waals surface area contributed by atoms with E-state index in [0.29, 0.717) is 31.8 Å². The Labute approximate surface area is 144 Å².